The minimum absolute atomic E-state index is 0.107. The minimum atomic E-state index is -0.907. The summed E-state index contributed by atoms with van der Waals surface area (Å²) in [6.07, 6.45) is 9.89. The van der Waals surface area contributed by atoms with Crippen LogP contribution in [0.3, 0.4) is 0 Å². The fourth-order valence-corrected chi connectivity index (χ4v) is 5.91. The third-order valence-electron chi connectivity index (χ3n) is 6.63. The summed E-state index contributed by atoms with van der Waals surface area (Å²) in [7, 11) is 0. The molecule has 1 fully saturated rings. The van der Waals surface area contributed by atoms with Crippen molar-refractivity contribution in [3.8, 4) is 0 Å². The summed E-state index contributed by atoms with van der Waals surface area (Å²) in [5.74, 6) is 0.563. The number of nitrogens with zero attached hydrogens (tertiary/aromatic N) is 3. The Kier molecular flexibility index (Phi) is 8.02. The van der Waals surface area contributed by atoms with Crippen LogP contribution in [0, 0.1) is 12.8 Å². The SMILES string of the molecule is Cc1ccccc1SC1=CC(=O)N([C@@H](CC2CCCCC2)C(=O)Nc2ccn(CC(C)(C)O)n2)C1. The van der Waals surface area contributed by atoms with Crippen LogP contribution in [-0.2, 0) is 16.1 Å². The van der Waals surface area contributed by atoms with Crippen molar-refractivity contribution >= 4 is 29.4 Å². The van der Waals surface area contributed by atoms with Gasteiger partial charge in [0.15, 0.2) is 5.82 Å². The number of rotatable bonds is 9. The number of aromatic nitrogens is 2. The standard InChI is InChI=1S/C27H36N4O3S/c1-19-9-7-8-12-23(19)35-21-16-25(32)31(17-21)22(15-20-10-5-4-6-11-20)26(33)28-24-13-14-30(29-24)18-27(2,3)34/h7-9,12-14,16,20,22,34H,4-6,10-11,15,17-18H2,1-3H3,(H,28,29,33)/t22-/m0/s1. The maximum absolute atomic E-state index is 13.5. The molecule has 2 amide bonds. The Hall–Kier alpha value is -2.58. The maximum Gasteiger partial charge on any atom is 0.248 e. The van der Waals surface area contributed by atoms with E-state index >= 15 is 0 Å². The number of carbonyl (C=O) groups excluding carboxylic acids is 2. The first kappa shape index (κ1) is 25.5. The predicted molar refractivity (Wildman–Crippen MR) is 139 cm³/mol. The first-order valence-corrected chi connectivity index (χ1v) is 13.3. The summed E-state index contributed by atoms with van der Waals surface area (Å²) in [5.41, 5.74) is 0.262. The molecule has 1 aromatic carbocycles. The number of carbonyl (C=O) groups is 2. The van der Waals surface area contributed by atoms with Gasteiger partial charge in [0.25, 0.3) is 0 Å². The number of aliphatic hydroxyl groups is 1. The van der Waals surface area contributed by atoms with Gasteiger partial charge in [-0.25, -0.2) is 0 Å². The molecule has 2 N–H and O–H groups in total. The van der Waals surface area contributed by atoms with Crippen LogP contribution in [0.1, 0.15) is 57.9 Å². The van der Waals surface area contributed by atoms with Gasteiger partial charge in [-0.05, 0) is 44.7 Å². The number of benzene rings is 1. The average Bonchev–Trinajstić information content (AvgIpc) is 3.38. The monoisotopic (exact) mass is 496 g/mol. The van der Waals surface area contributed by atoms with E-state index < -0.39 is 11.6 Å². The van der Waals surface area contributed by atoms with E-state index in [4.69, 9.17) is 0 Å². The quantitative estimate of drug-likeness (QED) is 0.523. The normalized spacial score (nSPS) is 18.0. The van der Waals surface area contributed by atoms with Gasteiger partial charge in [-0.2, -0.15) is 5.10 Å². The Morgan fingerprint density at radius 2 is 1.97 bits per heavy atom. The van der Waals surface area contributed by atoms with Crippen molar-refractivity contribution in [2.75, 3.05) is 11.9 Å². The molecule has 1 atom stereocenters. The van der Waals surface area contributed by atoms with Crippen molar-refractivity contribution in [3.05, 3.63) is 53.1 Å². The second kappa shape index (κ2) is 11.0. The topological polar surface area (TPSA) is 87.5 Å². The summed E-state index contributed by atoms with van der Waals surface area (Å²) in [6, 6.07) is 9.31. The van der Waals surface area contributed by atoms with Crippen molar-refractivity contribution in [2.24, 2.45) is 5.92 Å². The third-order valence-corrected chi connectivity index (χ3v) is 7.82. The lowest BCUT2D eigenvalue weighted by atomic mass is 9.84. The van der Waals surface area contributed by atoms with Crippen LogP contribution in [0.25, 0.3) is 0 Å². The summed E-state index contributed by atoms with van der Waals surface area (Å²) < 4.78 is 1.62. The number of nitrogens with one attached hydrogen (secondary N) is 1. The lowest BCUT2D eigenvalue weighted by Crippen LogP contribution is -2.46. The molecule has 2 aromatic rings. The van der Waals surface area contributed by atoms with Crippen LogP contribution < -0.4 is 5.32 Å². The van der Waals surface area contributed by atoms with Crippen molar-refractivity contribution in [1.29, 1.82) is 0 Å². The van der Waals surface area contributed by atoms with E-state index in [1.165, 1.54) is 24.8 Å². The van der Waals surface area contributed by atoms with Crippen molar-refractivity contribution in [1.82, 2.24) is 14.7 Å². The Labute approximate surface area is 212 Å². The lowest BCUT2D eigenvalue weighted by Gasteiger charge is -2.31. The Morgan fingerprint density at radius 3 is 2.69 bits per heavy atom. The fraction of sp³-hybridized carbons (Fsp3) is 0.519. The van der Waals surface area contributed by atoms with Crippen molar-refractivity contribution < 1.29 is 14.7 Å². The molecule has 4 rings (SSSR count). The number of thioether (sulfide) groups is 1. The zero-order valence-electron chi connectivity index (χ0n) is 20.9. The molecule has 0 radical (unpaired) electrons. The van der Waals surface area contributed by atoms with E-state index in [0.29, 0.717) is 31.2 Å². The lowest BCUT2D eigenvalue weighted by molar-refractivity contribution is -0.134. The fourth-order valence-electron chi connectivity index (χ4n) is 4.89. The Morgan fingerprint density at radius 1 is 1.23 bits per heavy atom. The third kappa shape index (κ3) is 6.98. The molecule has 7 nitrogen and oxygen atoms in total. The van der Waals surface area contributed by atoms with Gasteiger partial charge in [0, 0.05) is 28.1 Å². The van der Waals surface area contributed by atoms with Crippen LogP contribution in [0.4, 0.5) is 5.82 Å². The molecule has 0 unspecified atom stereocenters. The van der Waals surface area contributed by atoms with Crippen LogP contribution in [0.5, 0.6) is 0 Å². The molecular formula is C27H36N4O3S. The summed E-state index contributed by atoms with van der Waals surface area (Å²) >= 11 is 1.60. The van der Waals surface area contributed by atoms with E-state index in [9.17, 15) is 14.7 Å². The van der Waals surface area contributed by atoms with Gasteiger partial charge < -0.3 is 15.3 Å². The van der Waals surface area contributed by atoms with Crippen LogP contribution in [0.2, 0.25) is 0 Å². The van der Waals surface area contributed by atoms with E-state index in [2.05, 4.69) is 29.5 Å². The van der Waals surface area contributed by atoms with E-state index in [0.717, 1.165) is 22.6 Å². The summed E-state index contributed by atoms with van der Waals surface area (Å²) in [6.45, 7) is 6.25. The first-order chi connectivity index (χ1) is 16.7. The number of aryl methyl sites for hydroxylation is 1. The molecule has 35 heavy (non-hydrogen) atoms. The van der Waals surface area contributed by atoms with Crippen molar-refractivity contribution in [3.63, 3.8) is 0 Å². The second-order valence-electron chi connectivity index (χ2n) is 10.4. The molecule has 188 valence electrons. The van der Waals surface area contributed by atoms with E-state index in [1.54, 1.807) is 53.5 Å². The largest absolute Gasteiger partial charge is 0.389 e. The highest BCUT2D eigenvalue weighted by Crippen LogP contribution is 2.35. The number of hydrogen-bond donors (Lipinski definition) is 2. The molecule has 1 saturated carbocycles. The van der Waals surface area contributed by atoms with Gasteiger partial charge >= 0.3 is 0 Å². The highest BCUT2D eigenvalue weighted by molar-refractivity contribution is 8.03. The molecular weight excluding hydrogens is 460 g/mol. The van der Waals surface area contributed by atoms with Crippen LogP contribution >= 0.6 is 11.8 Å². The smallest absolute Gasteiger partial charge is 0.248 e. The highest BCUT2D eigenvalue weighted by Gasteiger charge is 2.36. The predicted octanol–water partition coefficient (Wildman–Crippen LogP) is 4.76. The zero-order chi connectivity index (χ0) is 25.0. The number of anilines is 1. The Balaban J connectivity index is 1.48. The Bertz CT molecular complexity index is 1080. The molecule has 1 aliphatic heterocycles. The highest BCUT2D eigenvalue weighted by atomic mass is 32.2. The van der Waals surface area contributed by atoms with Crippen molar-refractivity contribution in [2.45, 2.75) is 82.4 Å². The molecule has 0 bridgehead atoms. The van der Waals surface area contributed by atoms with Gasteiger partial charge in [0.1, 0.15) is 6.04 Å². The average molecular weight is 497 g/mol. The number of hydrogen-bond acceptors (Lipinski definition) is 5. The van der Waals surface area contributed by atoms with E-state index in [1.807, 2.05) is 12.1 Å². The molecule has 1 aromatic heterocycles. The summed E-state index contributed by atoms with van der Waals surface area (Å²) in [4.78, 5) is 30.4. The maximum atomic E-state index is 13.5. The van der Waals surface area contributed by atoms with Gasteiger partial charge in [-0.1, -0.05) is 62.1 Å². The first-order valence-electron chi connectivity index (χ1n) is 12.5. The molecule has 0 saturated heterocycles. The van der Waals surface area contributed by atoms with Gasteiger partial charge in [-0.15, -0.1) is 0 Å². The molecule has 2 aliphatic rings. The molecule has 0 spiro atoms. The zero-order valence-corrected chi connectivity index (χ0v) is 21.7. The van der Waals surface area contributed by atoms with Crippen LogP contribution in [-0.4, -0.2) is 49.8 Å². The number of amides is 2. The van der Waals surface area contributed by atoms with Crippen LogP contribution in [0.15, 0.2) is 52.4 Å². The minimum Gasteiger partial charge on any atom is -0.389 e. The second-order valence-corrected chi connectivity index (χ2v) is 11.6. The van der Waals surface area contributed by atoms with E-state index in [-0.39, 0.29) is 11.8 Å². The van der Waals surface area contributed by atoms with Gasteiger partial charge in [-0.3, -0.25) is 14.3 Å². The van der Waals surface area contributed by atoms with Gasteiger partial charge in [0.2, 0.25) is 11.8 Å². The molecule has 2 heterocycles. The summed E-state index contributed by atoms with van der Waals surface area (Å²) in [5, 5.41) is 17.4. The van der Waals surface area contributed by atoms with Gasteiger partial charge in [0.05, 0.1) is 18.7 Å². The molecule has 1 aliphatic carbocycles. The molecule has 8 heteroatoms.